The van der Waals surface area contributed by atoms with Gasteiger partial charge in [-0.1, -0.05) is 90.5 Å². The monoisotopic (exact) mass is 664 g/mol. The van der Waals surface area contributed by atoms with Crippen molar-refractivity contribution in [2.75, 3.05) is 0 Å². The number of hydrogen-bond donors (Lipinski definition) is 0. The Morgan fingerprint density at radius 3 is 1.70 bits per heavy atom. The lowest BCUT2D eigenvalue weighted by Gasteiger charge is -2.28. The average molecular weight is 665 g/mol. The molecule has 0 bridgehead atoms. The van der Waals surface area contributed by atoms with Crippen molar-refractivity contribution in [2.45, 2.75) is 64.0 Å². The third-order valence-electron chi connectivity index (χ3n) is 11.7. The van der Waals surface area contributed by atoms with Gasteiger partial charge in [0.25, 0.3) is 0 Å². The fourth-order valence-corrected chi connectivity index (χ4v) is 11.8. The van der Waals surface area contributed by atoms with Crippen molar-refractivity contribution < 1.29 is 8.83 Å². The van der Waals surface area contributed by atoms with E-state index in [2.05, 4.69) is 136 Å². The Morgan fingerprint density at radius 1 is 0.560 bits per heavy atom. The molecular weight excluding hydrogens is 625 g/mol. The van der Waals surface area contributed by atoms with E-state index < -0.39 is 8.41 Å². The molecule has 1 saturated heterocycles. The smallest absolute Gasteiger partial charge is 0.130 e. The molecule has 10 rings (SSSR count). The highest BCUT2D eigenvalue weighted by molar-refractivity contribution is 6.76. The largest absolute Gasteiger partial charge is 0.462 e. The summed E-state index contributed by atoms with van der Waals surface area (Å²) in [6.07, 6.45) is 8.72. The summed E-state index contributed by atoms with van der Waals surface area (Å²) in [5, 5.41) is 1.80. The van der Waals surface area contributed by atoms with E-state index in [0.29, 0.717) is 0 Å². The quantitative estimate of drug-likeness (QED) is 0.171. The van der Waals surface area contributed by atoms with E-state index in [-0.39, 0.29) is 11.8 Å². The zero-order chi connectivity index (χ0) is 33.5. The van der Waals surface area contributed by atoms with Crippen LogP contribution in [0.3, 0.4) is 0 Å². The predicted molar refractivity (Wildman–Crippen MR) is 209 cm³/mol. The zero-order valence-electron chi connectivity index (χ0n) is 29.0. The third kappa shape index (κ3) is 4.56. The maximum absolute atomic E-state index is 6.55. The van der Waals surface area contributed by atoms with Gasteiger partial charge in [0, 0.05) is 31.4 Å². The van der Waals surface area contributed by atoms with Crippen molar-refractivity contribution in [2.24, 2.45) is 0 Å². The Labute approximate surface area is 296 Å². The number of allylic oxidation sites excluding steroid dienone is 2. The summed E-state index contributed by atoms with van der Waals surface area (Å²) in [4.78, 5) is 0. The van der Waals surface area contributed by atoms with Crippen LogP contribution < -0.4 is 0 Å². The highest BCUT2D eigenvalue weighted by Crippen LogP contribution is 2.60. The Balaban J connectivity index is 1.27. The fraction of sp³-hybridized carbons (Fsp3) is 0.213. The molecule has 3 heteroatoms. The second kappa shape index (κ2) is 11.5. The number of hydrogen-bond acceptors (Lipinski definition) is 2. The Bertz CT molecular complexity index is 2430. The van der Waals surface area contributed by atoms with Gasteiger partial charge in [-0.2, -0.15) is 0 Å². The molecule has 6 aromatic rings. The van der Waals surface area contributed by atoms with E-state index in [1.54, 1.807) is 16.3 Å². The molecule has 3 aliphatic carbocycles. The number of benzene rings is 4. The van der Waals surface area contributed by atoms with E-state index >= 15 is 0 Å². The summed E-state index contributed by atoms with van der Waals surface area (Å²) in [5.74, 6) is 3.93. The topological polar surface area (TPSA) is 26.3 Å². The molecule has 244 valence electrons. The van der Waals surface area contributed by atoms with Crippen LogP contribution in [0.15, 0.2) is 112 Å². The molecule has 0 spiro atoms. The minimum Gasteiger partial charge on any atom is -0.462 e. The summed E-state index contributed by atoms with van der Waals surface area (Å²) in [6.45, 7) is 6.36. The maximum atomic E-state index is 6.55. The van der Waals surface area contributed by atoms with Crippen molar-refractivity contribution in [1.82, 2.24) is 0 Å². The second-order valence-corrected chi connectivity index (χ2v) is 17.5. The van der Waals surface area contributed by atoms with Gasteiger partial charge in [-0.3, -0.25) is 0 Å². The molecule has 1 aliphatic heterocycles. The number of fused-ring (bicyclic) bond motifs is 3. The lowest BCUT2D eigenvalue weighted by atomic mass is 9.74. The maximum Gasteiger partial charge on any atom is 0.130 e. The molecule has 0 radical (unpaired) electrons. The van der Waals surface area contributed by atoms with Crippen LogP contribution in [0.4, 0.5) is 0 Å². The molecule has 4 aliphatic rings. The van der Waals surface area contributed by atoms with E-state index in [9.17, 15) is 0 Å². The lowest BCUT2D eigenvalue weighted by molar-refractivity contribution is 0.510. The van der Waals surface area contributed by atoms with Crippen LogP contribution in [0.1, 0.15) is 86.7 Å². The minimum absolute atomic E-state index is 0.0570. The summed E-state index contributed by atoms with van der Waals surface area (Å²) >= 11 is 0. The van der Waals surface area contributed by atoms with Crippen LogP contribution >= 0.6 is 0 Å². The summed E-state index contributed by atoms with van der Waals surface area (Å²) in [7, 11) is -0.435. The highest BCUT2D eigenvalue weighted by Gasteiger charge is 2.44. The summed E-state index contributed by atoms with van der Waals surface area (Å²) in [5.41, 5.74) is 17.8. The van der Waals surface area contributed by atoms with Crippen molar-refractivity contribution in [3.63, 3.8) is 0 Å². The fourth-order valence-electron chi connectivity index (χ4n) is 9.36. The first-order valence-corrected chi connectivity index (χ1v) is 20.2. The van der Waals surface area contributed by atoms with Gasteiger partial charge in [-0.15, -0.1) is 0 Å². The van der Waals surface area contributed by atoms with Gasteiger partial charge in [0.2, 0.25) is 0 Å². The number of aryl methyl sites for hydroxylation is 4. The van der Waals surface area contributed by atoms with Gasteiger partial charge < -0.3 is 8.83 Å². The van der Waals surface area contributed by atoms with Crippen LogP contribution in [0, 0.1) is 20.8 Å². The van der Waals surface area contributed by atoms with E-state index in [4.69, 9.17) is 8.83 Å². The molecule has 1 fully saturated rings. The van der Waals surface area contributed by atoms with E-state index in [1.807, 2.05) is 0 Å². The van der Waals surface area contributed by atoms with Gasteiger partial charge >= 0.3 is 0 Å². The Hall–Kier alpha value is -4.99. The molecule has 3 heterocycles. The van der Waals surface area contributed by atoms with Gasteiger partial charge in [0.05, 0.1) is 0 Å². The molecule has 0 amide bonds. The zero-order valence-corrected chi connectivity index (χ0v) is 30.0. The van der Waals surface area contributed by atoms with E-state index in [0.717, 1.165) is 29.5 Å². The Kier molecular flexibility index (Phi) is 6.89. The summed E-state index contributed by atoms with van der Waals surface area (Å²) in [6, 6.07) is 40.9. The number of rotatable bonds is 5. The minimum atomic E-state index is -0.435. The van der Waals surface area contributed by atoms with Crippen molar-refractivity contribution in [3.05, 3.63) is 165 Å². The average Bonchev–Trinajstić information content (AvgIpc) is 3.94. The highest BCUT2D eigenvalue weighted by atomic mass is 28.2. The molecule has 2 atom stereocenters. The lowest BCUT2D eigenvalue weighted by Crippen LogP contribution is -2.22. The molecule has 2 aromatic heterocycles. The van der Waals surface area contributed by atoms with Crippen molar-refractivity contribution in [3.8, 4) is 22.3 Å². The molecule has 0 N–H and O–H groups in total. The van der Waals surface area contributed by atoms with Crippen LogP contribution in [0.5, 0.6) is 0 Å². The number of furan rings is 2. The van der Waals surface area contributed by atoms with Crippen molar-refractivity contribution >= 4 is 36.9 Å². The third-order valence-corrected chi connectivity index (χ3v) is 15.0. The normalized spacial score (nSPS) is 18.9. The second-order valence-electron chi connectivity index (χ2n) is 14.7. The standard InChI is InChI=1S/C47H40O2Si/c1-28-15-19-34-36(43(28)31-11-6-4-7-12-31)26-38(40-20-16-29(2)48-40)46(34)47-35-25-33-18-22-42(50-23-10-24-50)45(33)44(32-13-8-5-9-14-32)37(35)27-39(47)41-21-17-30(3)49-41/h4-9,11-17,19-21,25-27,46-47H,10,18,22-24H2,1-3H3. The molecule has 0 saturated carbocycles. The Morgan fingerprint density at radius 2 is 1.14 bits per heavy atom. The molecule has 50 heavy (non-hydrogen) atoms. The van der Waals surface area contributed by atoms with Gasteiger partial charge in [-0.25, -0.2) is 0 Å². The molecule has 2 unspecified atom stereocenters. The first-order valence-electron chi connectivity index (χ1n) is 18.3. The van der Waals surface area contributed by atoms with Crippen LogP contribution in [0.2, 0.25) is 12.1 Å². The summed E-state index contributed by atoms with van der Waals surface area (Å²) < 4.78 is 13.1. The van der Waals surface area contributed by atoms with Crippen LogP contribution in [-0.2, 0) is 6.42 Å². The SMILES string of the molecule is Cc1ccc(C2=Cc3c(ccc(C)c3-c3ccccc3)C2C2C(c3ccc(C)o3)=Cc3c2cc2c(c3-c3ccccc3)C(=[Si]3CCC3)CC2)o1. The molecule has 4 aromatic carbocycles. The van der Waals surface area contributed by atoms with Crippen LogP contribution in [0.25, 0.3) is 45.6 Å². The van der Waals surface area contributed by atoms with Gasteiger partial charge in [0.1, 0.15) is 23.0 Å². The van der Waals surface area contributed by atoms with Crippen LogP contribution in [-0.4, -0.2) is 13.6 Å². The first kappa shape index (κ1) is 29.9. The molecule has 2 nitrogen and oxygen atoms in total. The van der Waals surface area contributed by atoms with E-state index in [1.165, 1.54) is 86.1 Å². The predicted octanol–water partition coefficient (Wildman–Crippen LogP) is 12.1. The van der Waals surface area contributed by atoms with Gasteiger partial charge in [-0.05, 0) is 143 Å². The van der Waals surface area contributed by atoms with Gasteiger partial charge in [0.15, 0.2) is 0 Å². The first-order chi connectivity index (χ1) is 24.5. The van der Waals surface area contributed by atoms with Crippen molar-refractivity contribution in [1.29, 1.82) is 0 Å². The molecular formula is C47H40O2Si.